The van der Waals surface area contributed by atoms with Gasteiger partial charge in [0.25, 0.3) is 5.91 Å². The number of rotatable bonds is 4. The average Bonchev–Trinajstić information content (AvgIpc) is 2.62. The zero-order chi connectivity index (χ0) is 16.9. The predicted octanol–water partition coefficient (Wildman–Crippen LogP) is 4.77. The van der Waals surface area contributed by atoms with Gasteiger partial charge in [0.05, 0.1) is 12.2 Å². The molecule has 3 rings (SSSR count). The summed E-state index contributed by atoms with van der Waals surface area (Å²) in [5, 5.41) is 3.88. The Morgan fingerprint density at radius 3 is 2.50 bits per heavy atom. The summed E-state index contributed by atoms with van der Waals surface area (Å²) in [6.07, 6.45) is 2.69. The fourth-order valence-electron chi connectivity index (χ4n) is 3.15. The van der Waals surface area contributed by atoms with E-state index < -0.39 is 0 Å². The Kier molecular flexibility index (Phi) is 5.54. The highest BCUT2D eigenvalue weighted by Crippen LogP contribution is 2.33. The van der Waals surface area contributed by atoms with Gasteiger partial charge in [-0.1, -0.05) is 48.9 Å². The van der Waals surface area contributed by atoms with Crippen LogP contribution in [0.3, 0.4) is 0 Å². The molecule has 2 aromatic rings. The number of nitrogens with one attached hydrogen (secondary N) is 1. The summed E-state index contributed by atoms with van der Waals surface area (Å²) in [4.78, 5) is 12.4. The van der Waals surface area contributed by atoms with Gasteiger partial charge in [-0.2, -0.15) is 0 Å². The first kappa shape index (κ1) is 17.0. The summed E-state index contributed by atoms with van der Waals surface area (Å²) in [6, 6.07) is 17.2. The van der Waals surface area contributed by atoms with Crippen molar-refractivity contribution in [1.29, 1.82) is 0 Å². The van der Waals surface area contributed by atoms with Gasteiger partial charge in [-0.05, 0) is 49.1 Å². The molecule has 1 aliphatic heterocycles. The van der Waals surface area contributed by atoms with E-state index in [1.807, 2.05) is 54.6 Å². The summed E-state index contributed by atoms with van der Waals surface area (Å²) >= 11 is 5.97. The lowest BCUT2D eigenvalue weighted by molar-refractivity contribution is -0.0632. The largest absolute Gasteiger partial charge is 0.370 e. The molecule has 1 N–H and O–H groups in total. The van der Waals surface area contributed by atoms with E-state index >= 15 is 0 Å². The second-order valence-corrected chi connectivity index (χ2v) is 6.65. The van der Waals surface area contributed by atoms with Gasteiger partial charge in [-0.15, -0.1) is 0 Å². The molecule has 3 atom stereocenters. The lowest BCUT2D eigenvalue weighted by Crippen LogP contribution is -2.42. The first-order chi connectivity index (χ1) is 11.7. The maximum atomic E-state index is 12.4. The number of halogens is 1. The number of ether oxygens (including phenoxy) is 1. The van der Waals surface area contributed by atoms with Crippen molar-refractivity contribution in [3.8, 4) is 0 Å². The van der Waals surface area contributed by atoms with Crippen LogP contribution in [0.25, 0.3) is 0 Å². The molecule has 4 heteroatoms. The lowest BCUT2D eigenvalue weighted by atomic mass is 9.93. The summed E-state index contributed by atoms with van der Waals surface area (Å²) in [5.41, 5.74) is 1.80. The van der Waals surface area contributed by atoms with E-state index in [0.29, 0.717) is 5.56 Å². The van der Waals surface area contributed by atoms with E-state index in [-0.39, 0.29) is 24.2 Å². The van der Waals surface area contributed by atoms with Crippen molar-refractivity contribution in [2.45, 2.75) is 44.4 Å². The molecule has 1 saturated heterocycles. The van der Waals surface area contributed by atoms with Crippen molar-refractivity contribution in [3.63, 3.8) is 0 Å². The first-order valence-corrected chi connectivity index (χ1v) is 8.80. The number of carbonyl (C=O) groups excluding carboxylic acids is 1. The van der Waals surface area contributed by atoms with E-state index in [1.54, 1.807) is 0 Å². The second-order valence-electron chi connectivity index (χ2n) is 6.21. The standard InChI is InChI=1S/C20H22ClNO2/c1-2-18-12-17(22-20(23)15-6-4-3-5-7-15)13-19(24-18)14-8-10-16(21)11-9-14/h3-11,17-19H,2,12-13H2,1H3,(H,22,23)/t17-,18+,19+/m1/s1. The maximum absolute atomic E-state index is 12.4. The molecule has 0 bridgehead atoms. The van der Waals surface area contributed by atoms with Gasteiger partial charge >= 0.3 is 0 Å². The number of benzene rings is 2. The lowest BCUT2D eigenvalue weighted by Gasteiger charge is -2.36. The Morgan fingerprint density at radius 2 is 1.83 bits per heavy atom. The Balaban J connectivity index is 1.71. The molecule has 24 heavy (non-hydrogen) atoms. The summed E-state index contributed by atoms with van der Waals surface area (Å²) < 4.78 is 6.18. The Hall–Kier alpha value is -1.84. The van der Waals surface area contributed by atoms with E-state index in [0.717, 1.165) is 29.8 Å². The molecule has 0 aromatic heterocycles. The van der Waals surface area contributed by atoms with Crippen molar-refractivity contribution in [2.75, 3.05) is 0 Å². The highest BCUT2D eigenvalue weighted by molar-refractivity contribution is 6.30. The highest BCUT2D eigenvalue weighted by atomic mass is 35.5. The van der Waals surface area contributed by atoms with E-state index in [1.165, 1.54) is 0 Å². The fourth-order valence-corrected chi connectivity index (χ4v) is 3.27. The molecular formula is C20H22ClNO2. The SMILES string of the molecule is CC[C@H]1C[C@@H](NC(=O)c2ccccc2)C[C@@H](c2ccc(Cl)cc2)O1. The van der Waals surface area contributed by atoms with Gasteiger partial charge in [0.1, 0.15) is 0 Å². The fraction of sp³-hybridized carbons (Fsp3) is 0.350. The van der Waals surface area contributed by atoms with Crippen LogP contribution in [-0.4, -0.2) is 18.1 Å². The minimum absolute atomic E-state index is 0.0120. The number of hydrogen-bond donors (Lipinski definition) is 1. The molecule has 1 aliphatic rings. The second kappa shape index (κ2) is 7.82. The van der Waals surface area contributed by atoms with Crippen molar-refractivity contribution in [1.82, 2.24) is 5.32 Å². The zero-order valence-electron chi connectivity index (χ0n) is 13.7. The first-order valence-electron chi connectivity index (χ1n) is 8.42. The number of hydrogen-bond acceptors (Lipinski definition) is 2. The van der Waals surface area contributed by atoms with Crippen molar-refractivity contribution in [3.05, 3.63) is 70.7 Å². The van der Waals surface area contributed by atoms with Crippen molar-refractivity contribution < 1.29 is 9.53 Å². The van der Waals surface area contributed by atoms with Crippen LogP contribution in [0.5, 0.6) is 0 Å². The van der Waals surface area contributed by atoms with Gasteiger partial charge in [0.2, 0.25) is 0 Å². The minimum atomic E-state index is -0.0211. The molecule has 1 amide bonds. The molecule has 1 heterocycles. The van der Waals surface area contributed by atoms with Crippen LogP contribution >= 0.6 is 11.6 Å². The molecule has 2 aromatic carbocycles. The molecule has 126 valence electrons. The smallest absolute Gasteiger partial charge is 0.251 e. The molecule has 0 radical (unpaired) electrons. The average molecular weight is 344 g/mol. The van der Waals surface area contributed by atoms with Crippen molar-refractivity contribution >= 4 is 17.5 Å². The number of amides is 1. The molecule has 0 spiro atoms. The van der Waals surface area contributed by atoms with E-state index in [4.69, 9.17) is 16.3 Å². The normalized spacial score (nSPS) is 23.7. The topological polar surface area (TPSA) is 38.3 Å². The Labute approximate surface area is 148 Å². The maximum Gasteiger partial charge on any atom is 0.251 e. The quantitative estimate of drug-likeness (QED) is 0.868. The van der Waals surface area contributed by atoms with Crippen LogP contribution in [0.15, 0.2) is 54.6 Å². The molecule has 0 unspecified atom stereocenters. The highest BCUT2D eigenvalue weighted by Gasteiger charge is 2.30. The van der Waals surface area contributed by atoms with Crippen LogP contribution in [0.4, 0.5) is 0 Å². The Bertz CT molecular complexity index is 672. The van der Waals surface area contributed by atoms with Gasteiger partial charge in [-0.25, -0.2) is 0 Å². The van der Waals surface area contributed by atoms with Gasteiger partial charge in [0.15, 0.2) is 0 Å². The minimum Gasteiger partial charge on any atom is -0.370 e. The van der Waals surface area contributed by atoms with E-state index in [2.05, 4.69) is 12.2 Å². The van der Waals surface area contributed by atoms with Gasteiger partial charge < -0.3 is 10.1 Å². The third kappa shape index (κ3) is 4.16. The van der Waals surface area contributed by atoms with Crippen LogP contribution in [0, 0.1) is 0 Å². The van der Waals surface area contributed by atoms with Gasteiger partial charge in [-0.3, -0.25) is 4.79 Å². The Morgan fingerprint density at radius 1 is 1.12 bits per heavy atom. The van der Waals surface area contributed by atoms with Crippen LogP contribution in [0.1, 0.15) is 48.2 Å². The van der Waals surface area contributed by atoms with Crippen molar-refractivity contribution in [2.24, 2.45) is 0 Å². The third-order valence-corrected chi connectivity index (χ3v) is 4.72. The van der Waals surface area contributed by atoms with Gasteiger partial charge in [0, 0.05) is 16.6 Å². The third-order valence-electron chi connectivity index (χ3n) is 4.47. The van der Waals surface area contributed by atoms with E-state index in [9.17, 15) is 4.79 Å². The number of carbonyl (C=O) groups is 1. The molecule has 1 fully saturated rings. The summed E-state index contributed by atoms with van der Waals surface area (Å²) in [7, 11) is 0. The molecule has 0 saturated carbocycles. The van der Waals surface area contributed by atoms with Crippen LogP contribution in [-0.2, 0) is 4.74 Å². The summed E-state index contributed by atoms with van der Waals surface area (Å²) in [6.45, 7) is 2.12. The monoisotopic (exact) mass is 343 g/mol. The molecular weight excluding hydrogens is 322 g/mol. The predicted molar refractivity (Wildman–Crippen MR) is 96.3 cm³/mol. The van der Waals surface area contributed by atoms with Crippen LogP contribution in [0.2, 0.25) is 5.02 Å². The zero-order valence-corrected chi connectivity index (χ0v) is 14.5. The molecule has 3 nitrogen and oxygen atoms in total. The molecule has 0 aliphatic carbocycles. The van der Waals surface area contributed by atoms with Crippen LogP contribution < -0.4 is 5.32 Å². The summed E-state index contributed by atoms with van der Waals surface area (Å²) in [5.74, 6) is -0.0211.